The molecule has 0 aromatic carbocycles. The van der Waals surface area contributed by atoms with Crippen LogP contribution in [0.25, 0.3) is 14.8 Å². The van der Waals surface area contributed by atoms with Crippen molar-refractivity contribution in [1.82, 2.24) is 19.8 Å². The molecule has 0 saturated carbocycles. The second kappa shape index (κ2) is 3.86. The summed E-state index contributed by atoms with van der Waals surface area (Å²) in [5.41, 5.74) is 1.53. The van der Waals surface area contributed by atoms with Crippen molar-refractivity contribution in [2.75, 3.05) is 0 Å². The molecule has 4 rings (SSSR count). The Balaban J connectivity index is 1.83. The second-order valence-electron chi connectivity index (χ2n) is 4.61. The van der Waals surface area contributed by atoms with Crippen LogP contribution in [0.3, 0.4) is 0 Å². The molecule has 0 fully saturated rings. The van der Waals surface area contributed by atoms with Crippen LogP contribution in [0, 0.1) is 6.92 Å². The monoisotopic (exact) mass is 276 g/mol. The van der Waals surface area contributed by atoms with E-state index in [1.54, 1.807) is 16.2 Å². The van der Waals surface area contributed by atoms with Crippen molar-refractivity contribution in [2.45, 2.75) is 32.6 Å². The number of thiophene rings is 1. The largest absolute Gasteiger partial charge is 0.234 e. The number of hydrogen-bond acceptors (Lipinski definition) is 5. The highest BCUT2D eigenvalue weighted by Crippen LogP contribution is 2.37. The first kappa shape index (κ1) is 10.6. The fourth-order valence-electron chi connectivity index (χ4n) is 2.41. The Labute approximate surface area is 112 Å². The first-order valence-corrected chi connectivity index (χ1v) is 7.75. The lowest BCUT2D eigenvalue weighted by molar-refractivity contribution is 0.697. The minimum atomic E-state index is 0.855. The van der Waals surface area contributed by atoms with Gasteiger partial charge in [-0.15, -0.1) is 21.5 Å². The summed E-state index contributed by atoms with van der Waals surface area (Å²) in [7, 11) is 0. The van der Waals surface area contributed by atoms with Gasteiger partial charge in [0.2, 0.25) is 4.96 Å². The number of rotatable bonds is 1. The van der Waals surface area contributed by atoms with Gasteiger partial charge in [-0.05, 0) is 44.2 Å². The van der Waals surface area contributed by atoms with Crippen molar-refractivity contribution < 1.29 is 0 Å². The van der Waals surface area contributed by atoms with Gasteiger partial charge in [0.1, 0.15) is 0 Å². The molecule has 0 unspecified atom stereocenters. The van der Waals surface area contributed by atoms with Gasteiger partial charge in [0, 0.05) is 4.88 Å². The molecule has 0 amide bonds. The molecule has 3 aromatic rings. The third-order valence-corrected chi connectivity index (χ3v) is 5.66. The molecule has 0 radical (unpaired) electrons. The number of fused-ring (bicyclic) bond motifs is 2. The van der Waals surface area contributed by atoms with Crippen molar-refractivity contribution in [3.8, 4) is 9.88 Å². The van der Waals surface area contributed by atoms with Crippen molar-refractivity contribution in [2.24, 2.45) is 0 Å². The lowest BCUT2D eigenvalue weighted by atomic mass is 9.99. The lowest BCUT2D eigenvalue weighted by Crippen LogP contribution is -1.96. The summed E-state index contributed by atoms with van der Waals surface area (Å²) in [5, 5.41) is 13.8. The molecular formula is C12H12N4S2. The average Bonchev–Trinajstić information content (AvgIpc) is 3.04. The Bertz CT molecular complexity index is 698. The highest BCUT2D eigenvalue weighted by atomic mass is 32.1. The van der Waals surface area contributed by atoms with Crippen molar-refractivity contribution in [3.05, 3.63) is 22.3 Å². The van der Waals surface area contributed by atoms with Gasteiger partial charge in [0.05, 0.1) is 4.88 Å². The summed E-state index contributed by atoms with van der Waals surface area (Å²) in [6.07, 6.45) is 5.13. The third-order valence-electron chi connectivity index (χ3n) is 3.35. The predicted molar refractivity (Wildman–Crippen MR) is 73.4 cm³/mol. The zero-order valence-electron chi connectivity index (χ0n) is 10.0. The molecule has 0 atom stereocenters. The molecule has 0 bridgehead atoms. The van der Waals surface area contributed by atoms with Gasteiger partial charge >= 0.3 is 0 Å². The molecule has 0 spiro atoms. The molecule has 0 N–H and O–H groups in total. The SMILES string of the molecule is Cc1nnc2sc(-c3cc4c(s3)CCCC4)nn12. The van der Waals surface area contributed by atoms with Crippen LogP contribution in [0.4, 0.5) is 0 Å². The highest BCUT2D eigenvalue weighted by Gasteiger charge is 2.17. The topological polar surface area (TPSA) is 43.1 Å². The van der Waals surface area contributed by atoms with E-state index in [1.165, 1.54) is 36.1 Å². The molecule has 3 aromatic heterocycles. The van der Waals surface area contributed by atoms with E-state index < -0.39 is 0 Å². The predicted octanol–water partition coefficient (Wildman–Crippen LogP) is 3.10. The maximum Gasteiger partial charge on any atom is 0.234 e. The van der Waals surface area contributed by atoms with E-state index >= 15 is 0 Å². The molecule has 4 nitrogen and oxygen atoms in total. The van der Waals surface area contributed by atoms with E-state index in [2.05, 4.69) is 21.4 Å². The van der Waals surface area contributed by atoms with E-state index in [1.807, 2.05) is 22.8 Å². The first-order valence-electron chi connectivity index (χ1n) is 6.12. The fourth-order valence-corrected chi connectivity index (χ4v) is 4.59. The Kier molecular flexibility index (Phi) is 2.28. The van der Waals surface area contributed by atoms with Crippen LogP contribution in [0.5, 0.6) is 0 Å². The summed E-state index contributed by atoms with van der Waals surface area (Å²) < 4.78 is 1.83. The molecule has 3 heterocycles. The van der Waals surface area contributed by atoms with Crippen LogP contribution < -0.4 is 0 Å². The van der Waals surface area contributed by atoms with Crippen LogP contribution >= 0.6 is 22.7 Å². The molecule has 1 aliphatic rings. The van der Waals surface area contributed by atoms with E-state index in [9.17, 15) is 0 Å². The van der Waals surface area contributed by atoms with Crippen LogP contribution in [-0.4, -0.2) is 19.8 Å². The summed E-state index contributed by atoms with van der Waals surface area (Å²) in [6.45, 7) is 1.93. The molecule has 18 heavy (non-hydrogen) atoms. The van der Waals surface area contributed by atoms with E-state index in [0.29, 0.717) is 0 Å². The van der Waals surface area contributed by atoms with Crippen molar-refractivity contribution in [3.63, 3.8) is 0 Å². The van der Waals surface area contributed by atoms with Gasteiger partial charge in [-0.2, -0.15) is 9.61 Å². The minimum absolute atomic E-state index is 0.855. The fraction of sp³-hybridized carbons (Fsp3) is 0.417. The summed E-state index contributed by atoms with van der Waals surface area (Å²) in [6, 6.07) is 2.32. The van der Waals surface area contributed by atoms with Crippen molar-refractivity contribution >= 4 is 27.6 Å². The van der Waals surface area contributed by atoms with Gasteiger partial charge in [-0.25, -0.2) is 0 Å². The van der Waals surface area contributed by atoms with Crippen LogP contribution in [0.15, 0.2) is 6.07 Å². The standard InChI is InChI=1S/C12H12N4S2/c1-7-13-14-12-16(7)15-11(18-12)10-6-8-4-2-3-5-9(8)17-10/h6H,2-5H2,1H3. The van der Waals surface area contributed by atoms with Gasteiger partial charge in [-0.3, -0.25) is 0 Å². The van der Waals surface area contributed by atoms with Gasteiger partial charge in [-0.1, -0.05) is 11.3 Å². The van der Waals surface area contributed by atoms with E-state index in [4.69, 9.17) is 0 Å². The quantitative estimate of drug-likeness (QED) is 0.686. The molecule has 1 aliphatic carbocycles. The van der Waals surface area contributed by atoms with E-state index in [0.717, 1.165) is 15.8 Å². The molecule has 0 aliphatic heterocycles. The number of aromatic nitrogens is 4. The summed E-state index contributed by atoms with van der Waals surface area (Å²) >= 11 is 3.52. The first-order chi connectivity index (χ1) is 8.81. The Morgan fingerprint density at radius 1 is 1.17 bits per heavy atom. The van der Waals surface area contributed by atoms with E-state index in [-0.39, 0.29) is 0 Å². The maximum atomic E-state index is 4.61. The second-order valence-corrected chi connectivity index (χ2v) is 6.71. The number of aryl methyl sites for hydroxylation is 3. The average molecular weight is 276 g/mol. The van der Waals surface area contributed by atoms with Crippen molar-refractivity contribution in [1.29, 1.82) is 0 Å². The smallest absolute Gasteiger partial charge is 0.187 e. The van der Waals surface area contributed by atoms with Crippen LogP contribution in [-0.2, 0) is 12.8 Å². The Hall–Kier alpha value is -1.27. The Morgan fingerprint density at radius 2 is 2.06 bits per heavy atom. The minimum Gasteiger partial charge on any atom is -0.187 e. The highest BCUT2D eigenvalue weighted by molar-refractivity contribution is 7.24. The van der Waals surface area contributed by atoms with Gasteiger partial charge in [0.25, 0.3) is 0 Å². The zero-order chi connectivity index (χ0) is 12.1. The van der Waals surface area contributed by atoms with Crippen LogP contribution in [0.1, 0.15) is 29.1 Å². The van der Waals surface area contributed by atoms with Gasteiger partial charge < -0.3 is 0 Å². The Morgan fingerprint density at radius 3 is 2.89 bits per heavy atom. The number of hydrogen-bond donors (Lipinski definition) is 0. The summed E-state index contributed by atoms with van der Waals surface area (Å²) in [5.74, 6) is 0.855. The normalized spacial score (nSPS) is 15.2. The molecule has 6 heteroatoms. The number of nitrogens with zero attached hydrogens (tertiary/aromatic N) is 4. The maximum absolute atomic E-state index is 4.61. The zero-order valence-corrected chi connectivity index (χ0v) is 11.6. The lowest BCUT2D eigenvalue weighted by Gasteiger charge is -2.08. The molecule has 0 saturated heterocycles. The van der Waals surface area contributed by atoms with Crippen LogP contribution in [0.2, 0.25) is 0 Å². The van der Waals surface area contributed by atoms with Gasteiger partial charge in [0.15, 0.2) is 10.8 Å². The molecule has 92 valence electrons. The third kappa shape index (κ3) is 1.52. The molecular weight excluding hydrogens is 264 g/mol. The summed E-state index contributed by atoms with van der Waals surface area (Å²) in [4.78, 5) is 3.73.